The molecule has 3 nitrogen and oxygen atoms in total. The number of morpholine rings is 1. The lowest BCUT2D eigenvalue weighted by atomic mass is 10.2. The Morgan fingerprint density at radius 1 is 0.952 bits per heavy atom. The Balaban J connectivity index is 1.67. The molecular weight excluding hydrogens is 267 g/mol. The highest BCUT2D eigenvalue weighted by Crippen LogP contribution is 2.17. The van der Waals surface area contributed by atoms with Gasteiger partial charge in [0.05, 0.1) is 18.9 Å². The molecule has 4 heteroatoms. The normalized spacial score (nSPS) is 15.6. The minimum atomic E-state index is -0.246. The van der Waals surface area contributed by atoms with Gasteiger partial charge in [0, 0.05) is 25.0 Å². The molecule has 0 atom stereocenters. The number of aliphatic imine (C=N–C) groups is 1. The third-order valence-electron chi connectivity index (χ3n) is 3.46. The van der Waals surface area contributed by atoms with Crippen molar-refractivity contribution in [3.63, 3.8) is 0 Å². The molecule has 0 amide bonds. The fraction of sp³-hybridized carbons (Fsp3) is 0.235. The average molecular weight is 284 g/mol. The Morgan fingerprint density at radius 2 is 1.62 bits per heavy atom. The smallest absolute Gasteiger partial charge is 0.123 e. The molecule has 21 heavy (non-hydrogen) atoms. The second kappa shape index (κ2) is 6.50. The number of ether oxygens (including phenoxy) is 1. The largest absolute Gasteiger partial charge is 0.378 e. The highest BCUT2D eigenvalue weighted by Gasteiger charge is 2.10. The average Bonchev–Trinajstić information content (AvgIpc) is 2.56. The highest BCUT2D eigenvalue weighted by molar-refractivity contribution is 5.82. The molecular formula is C17H17FN2O. The van der Waals surface area contributed by atoms with Crippen molar-refractivity contribution in [3.05, 3.63) is 59.9 Å². The minimum Gasteiger partial charge on any atom is -0.378 e. The summed E-state index contributed by atoms with van der Waals surface area (Å²) in [6.07, 6.45) is 1.79. The van der Waals surface area contributed by atoms with Crippen LogP contribution in [0.2, 0.25) is 0 Å². The van der Waals surface area contributed by atoms with Crippen LogP contribution in [0.25, 0.3) is 0 Å². The van der Waals surface area contributed by atoms with Crippen LogP contribution < -0.4 is 4.90 Å². The predicted molar refractivity (Wildman–Crippen MR) is 83.1 cm³/mol. The summed E-state index contributed by atoms with van der Waals surface area (Å²) in [5.74, 6) is -0.246. The lowest BCUT2D eigenvalue weighted by molar-refractivity contribution is 0.122. The van der Waals surface area contributed by atoms with Crippen molar-refractivity contribution in [1.29, 1.82) is 0 Å². The van der Waals surface area contributed by atoms with Crippen LogP contribution in [0, 0.1) is 5.82 Å². The quantitative estimate of drug-likeness (QED) is 0.807. The molecule has 0 spiro atoms. The number of rotatable bonds is 3. The van der Waals surface area contributed by atoms with Gasteiger partial charge >= 0.3 is 0 Å². The van der Waals surface area contributed by atoms with Crippen molar-refractivity contribution >= 4 is 17.6 Å². The molecule has 1 aliphatic rings. The van der Waals surface area contributed by atoms with E-state index in [0.717, 1.165) is 37.6 Å². The number of benzene rings is 2. The Kier molecular flexibility index (Phi) is 4.26. The second-order valence-electron chi connectivity index (χ2n) is 4.93. The molecule has 1 aliphatic heterocycles. The molecule has 0 saturated carbocycles. The molecule has 0 bridgehead atoms. The van der Waals surface area contributed by atoms with E-state index in [0.29, 0.717) is 0 Å². The summed E-state index contributed by atoms with van der Waals surface area (Å²) < 4.78 is 18.2. The van der Waals surface area contributed by atoms with E-state index in [1.165, 1.54) is 17.8 Å². The van der Waals surface area contributed by atoms with Gasteiger partial charge in [-0.15, -0.1) is 0 Å². The second-order valence-corrected chi connectivity index (χ2v) is 4.93. The third kappa shape index (κ3) is 3.67. The van der Waals surface area contributed by atoms with E-state index < -0.39 is 0 Å². The highest BCUT2D eigenvalue weighted by atomic mass is 19.1. The summed E-state index contributed by atoms with van der Waals surface area (Å²) in [5.41, 5.74) is 2.97. The van der Waals surface area contributed by atoms with E-state index in [1.54, 1.807) is 18.3 Å². The van der Waals surface area contributed by atoms with E-state index in [4.69, 9.17) is 4.74 Å². The van der Waals surface area contributed by atoms with Crippen molar-refractivity contribution in [1.82, 2.24) is 0 Å². The van der Waals surface area contributed by atoms with Crippen LogP contribution in [-0.4, -0.2) is 32.5 Å². The molecule has 1 heterocycles. The van der Waals surface area contributed by atoms with Crippen molar-refractivity contribution in [3.8, 4) is 0 Å². The maximum Gasteiger partial charge on any atom is 0.123 e. The summed E-state index contributed by atoms with van der Waals surface area (Å²) in [7, 11) is 0. The molecule has 0 radical (unpaired) electrons. The van der Waals surface area contributed by atoms with Crippen molar-refractivity contribution in [2.24, 2.45) is 4.99 Å². The van der Waals surface area contributed by atoms with E-state index in [1.807, 2.05) is 12.1 Å². The van der Waals surface area contributed by atoms with Crippen LogP contribution in [-0.2, 0) is 4.74 Å². The van der Waals surface area contributed by atoms with Gasteiger partial charge in [-0.25, -0.2) is 4.39 Å². The summed E-state index contributed by atoms with van der Waals surface area (Å²) in [4.78, 5) is 6.64. The summed E-state index contributed by atoms with van der Waals surface area (Å²) in [6, 6.07) is 14.4. The van der Waals surface area contributed by atoms with Crippen molar-refractivity contribution in [2.45, 2.75) is 0 Å². The van der Waals surface area contributed by atoms with Crippen LogP contribution in [0.4, 0.5) is 15.8 Å². The number of halogens is 1. The molecule has 2 aromatic carbocycles. The Bertz CT molecular complexity index is 602. The number of anilines is 1. The number of hydrogen-bond acceptors (Lipinski definition) is 3. The maximum absolute atomic E-state index is 12.8. The molecule has 0 unspecified atom stereocenters. The van der Waals surface area contributed by atoms with Crippen LogP contribution in [0.1, 0.15) is 5.56 Å². The fourth-order valence-corrected chi connectivity index (χ4v) is 2.27. The Hall–Kier alpha value is -2.20. The van der Waals surface area contributed by atoms with Gasteiger partial charge in [0.15, 0.2) is 0 Å². The van der Waals surface area contributed by atoms with E-state index >= 15 is 0 Å². The Morgan fingerprint density at radius 3 is 2.29 bits per heavy atom. The zero-order valence-electron chi connectivity index (χ0n) is 11.7. The first-order valence-corrected chi connectivity index (χ1v) is 7.04. The molecule has 1 saturated heterocycles. The van der Waals surface area contributed by atoms with Crippen molar-refractivity contribution in [2.75, 3.05) is 31.2 Å². The van der Waals surface area contributed by atoms with Gasteiger partial charge in [0.25, 0.3) is 0 Å². The van der Waals surface area contributed by atoms with Gasteiger partial charge in [-0.2, -0.15) is 0 Å². The lowest BCUT2D eigenvalue weighted by Crippen LogP contribution is -2.36. The van der Waals surface area contributed by atoms with Crippen molar-refractivity contribution < 1.29 is 9.13 Å². The molecule has 2 aromatic rings. The van der Waals surface area contributed by atoms with Crippen LogP contribution in [0.15, 0.2) is 53.5 Å². The van der Waals surface area contributed by atoms with Gasteiger partial charge in [-0.1, -0.05) is 12.1 Å². The number of hydrogen-bond donors (Lipinski definition) is 0. The van der Waals surface area contributed by atoms with E-state index in [-0.39, 0.29) is 5.82 Å². The SMILES string of the molecule is Fc1ccc(N=Cc2ccc(N3CCOCC3)cc2)cc1. The number of nitrogens with zero attached hydrogens (tertiary/aromatic N) is 2. The minimum absolute atomic E-state index is 0.246. The summed E-state index contributed by atoms with van der Waals surface area (Å²) in [5, 5.41) is 0. The first-order chi connectivity index (χ1) is 10.3. The van der Waals surface area contributed by atoms with Gasteiger partial charge < -0.3 is 9.64 Å². The van der Waals surface area contributed by atoms with Crippen LogP contribution >= 0.6 is 0 Å². The molecule has 1 fully saturated rings. The van der Waals surface area contributed by atoms with Gasteiger partial charge in [0.1, 0.15) is 5.82 Å². The fourth-order valence-electron chi connectivity index (χ4n) is 2.27. The zero-order valence-corrected chi connectivity index (χ0v) is 11.7. The van der Waals surface area contributed by atoms with E-state index in [2.05, 4.69) is 22.0 Å². The predicted octanol–water partition coefficient (Wildman–Crippen LogP) is 3.41. The zero-order chi connectivity index (χ0) is 14.5. The molecule has 108 valence electrons. The lowest BCUT2D eigenvalue weighted by Gasteiger charge is -2.28. The van der Waals surface area contributed by atoms with Crippen LogP contribution in [0.3, 0.4) is 0 Å². The standard InChI is InChI=1S/C17H17FN2O/c18-15-3-5-16(6-4-15)19-13-14-1-7-17(8-2-14)20-9-11-21-12-10-20/h1-8,13H,9-12H2. The van der Waals surface area contributed by atoms with Gasteiger partial charge in [-0.05, 0) is 42.0 Å². The topological polar surface area (TPSA) is 24.8 Å². The summed E-state index contributed by atoms with van der Waals surface area (Å²) >= 11 is 0. The van der Waals surface area contributed by atoms with Gasteiger partial charge in [-0.3, -0.25) is 4.99 Å². The molecule has 0 aliphatic carbocycles. The maximum atomic E-state index is 12.8. The van der Waals surface area contributed by atoms with Gasteiger partial charge in [0.2, 0.25) is 0 Å². The molecule has 0 N–H and O–H groups in total. The molecule has 3 rings (SSSR count). The first-order valence-electron chi connectivity index (χ1n) is 7.04. The Labute approximate surface area is 123 Å². The first kappa shape index (κ1) is 13.8. The summed E-state index contributed by atoms with van der Waals surface area (Å²) in [6.45, 7) is 3.44. The molecule has 0 aromatic heterocycles. The van der Waals surface area contributed by atoms with E-state index in [9.17, 15) is 4.39 Å². The third-order valence-corrected chi connectivity index (χ3v) is 3.46. The van der Waals surface area contributed by atoms with Crippen LogP contribution in [0.5, 0.6) is 0 Å². The monoisotopic (exact) mass is 284 g/mol.